The van der Waals surface area contributed by atoms with Gasteiger partial charge in [0.25, 0.3) is 0 Å². The molecule has 0 aliphatic heterocycles. The van der Waals surface area contributed by atoms with E-state index < -0.39 is 0 Å². The summed E-state index contributed by atoms with van der Waals surface area (Å²) in [5, 5.41) is 18.5. The van der Waals surface area contributed by atoms with Crippen molar-refractivity contribution in [3.8, 4) is 0 Å². The standard InChI is InChI=1S/C12H16N.2C2H6O.Ti/c1-3-5-10-13-12-9-7-6-8-11(12)4-2;2*1-2-3;/h4,6-9,13H,1-3,5,10H2;2*3H,2H2,1H3;/q-1;;;. The maximum atomic E-state index is 7.57. The van der Waals surface area contributed by atoms with Crippen molar-refractivity contribution >= 4 is 11.8 Å². The van der Waals surface area contributed by atoms with Crippen LogP contribution in [0.2, 0.25) is 0 Å². The van der Waals surface area contributed by atoms with E-state index in [9.17, 15) is 0 Å². The molecular formula is C16H28NO2Ti-. The molecule has 0 atom stereocenters. The van der Waals surface area contributed by atoms with Gasteiger partial charge in [-0.1, -0.05) is 37.3 Å². The number of unbranched alkanes of at least 4 members (excludes halogenated alkanes) is 1. The van der Waals surface area contributed by atoms with Crippen molar-refractivity contribution in [2.24, 2.45) is 0 Å². The summed E-state index contributed by atoms with van der Waals surface area (Å²) in [4.78, 5) is 0. The molecule has 0 aliphatic carbocycles. The van der Waals surface area contributed by atoms with Crippen molar-refractivity contribution in [1.29, 1.82) is 0 Å². The molecule has 0 amide bonds. The zero-order valence-electron chi connectivity index (χ0n) is 12.7. The summed E-state index contributed by atoms with van der Waals surface area (Å²) in [6.45, 7) is 12.4. The van der Waals surface area contributed by atoms with Crippen LogP contribution >= 0.6 is 0 Å². The molecule has 1 aromatic rings. The predicted octanol–water partition coefficient (Wildman–Crippen LogP) is 3.35. The predicted molar refractivity (Wildman–Crippen MR) is 85.1 cm³/mol. The van der Waals surface area contributed by atoms with Gasteiger partial charge < -0.3 is 22.5 Å². The maximum absolute atomic E-state index is 7.57. The minimum Gasteiger partial charge on any atom is -0.397 e. The monoisotopic (exact) mass is 314 g/mol. The van der Waals surface area contributed by atoms with Crippen LogP contribution in [0.25, 0.3) is 6.08 Å². The SMILES string of the molecule is C=Cc1ccccc1NCCC[CH2-].CCO.CCO.[Ti]. The first-order valence-corrected chi connectivity index (χ1v) is 6.67. The van der Waals surface area contributed by atoms with Gasteiger partial charge in [0.2, 0.25) is 0 Å². The first-order valence-electron chi connectivity index (χ1n) is 6.67. The molecule has 0 bridgehead atoms. The van der Waals surface area contributed by atoms with Crippen LogP contribution in [0, 0.1) is 6.92 Å². The number of hydrogen-bond acceptors (Lipinski definition) is 3. The Morgan fingerprint density at radius 1 is 1.20 bits per heavy atom. The molecular weight excluding hydrogens is 286 g/mol. The molecule has 0 unspecified atom stereocenters. The summed E-state index contributed by atoms with van der Waals surface area (Å²) in [7, 11) is 0. The van der Waals surface area contributed by atoms with Gasteiger partial charge >= 0.3 is 0 Å². The average molecular weight is 314 g/mol. The number of benzene rings is 1. The second-order valence-electron chi connectivity index (χ2n) is 3.56. The molecule has 114 valence electrons. The second-order valence-corrected chi connectivity index (χ2v) is 3.56. The number of hydrogen-bond donors (Lipinski definition) is 3. The van der Waals surface area contributed by atoms with Crippen LogP contribution in [-0.4, -0.2) is 30.0 Å². The largest absolute Gasteiger partial charge is 0.397 e. The number of rotatable bonds is 5. The molecule has 0 fully saturated rings. The van der Waals surface area contributed by atoms with E-state index in [4.69, 9.17) is 10.2 Å². The van der Waals surface area contributed by atoms with Crippen molar-refractivity contribution in [2.45, 2.75) is 26.7 Å². The fourth-order valence-electron chi connectivity index (χ4n) is 1.18. The molecule has 0 aliphatic rings. The molecule has 0 saturated carbocycles. The molecule has 0 aromatic heterocycles. The fraction of sp³-hybridized carbons (Fsp3) is 0.438. The van der Waals surface area contributed by atoms with E-state index in [2.05, 4.69) is 31.0 Å². The number of anilines is 1. The van der Waals surface area contributed by atoms with Crippen molar-refractivity contribution in [1.82, 2.24) is 0 Å². The Hall–Kier alpha value is -0.606. The van der Waals surface area contributed by atoms with Gasteiger partial charge in [0, 0.05) is 47.2 Å². The summed E-state index contributed by atoms with van der Waals surface area (Å²) in [5.74, 6) is 0. The molecule has 0 saturated heterocycles. The van der Waals surface area contributed by atoms with Crippen LogP contribution in [0.3, 0.4) is 0 Å². The van der Waals surface area contributed by atoms with E-state index in [1.165, 1.54) is 0 Å². The third kappa shape index (κ3) is 15.5. The molecule has 0 radical (unpaired) electrons. The van der Waals surface area contributed by atoms with Crippen molar-refractivity contribution in [3.63, 3.8) is 0 Å². The van der Waals surface area contributed by atoms with Gasteiger partial charge in [-0.15, -0.1) is 0 Å². The number of aliphatic hydroxyl groups excluding tert-OH is 2. The minimum absolute atomic E-state index is 0. The van der Waals surface area contributed by atoms with Gasteiger partial charge in [-0.2, -0.15) is 6.42 Å². The Morgan fingerprint density at radius 3 is 2.15 bits per heavy atom. The molecule has 20 heavy (non-hydrogen) atoms. The third-order valence-electron chi connectivity index (χ3n) is 1.92. The average Bonchev–Trinajstić information content (AvgIpc) is 2.41. The van der Waals surface area contributed by atoms with Crippen LogP contribution < -0.4 is 5.32 Å². The minimum atomic E-state index is 0. The Morgan fingerprint density at radius 2 is 1.70 bits per heavy atom. The van der Waals surface area contributed by atoms with Gasteiger partial charge in [0.05, 0.1) is 0 Å². The first kappa shape index (κ1) is 24.4. The molecule has 0 heterocycles. The summed E-state index contributed by atoms with van der Waals surface area (Å²) < 4.78 is 0. The quantitative estimate of drug-likeness (QED) is 0.444. The van der Waals surface area contributed by atoms with Crippen molar-refractivity contribution < 1.29 is 31.9 Å². The molecule has 3 nitrogen and oxygen atoms in total. The molecule has 1 rings (SSSR count). The molecule has 1 aromatic carbocycles. The Kier molecular flexibility index (Phi) is 25.3. The van der Waals surface area contributed by atoms with Gasteiger partial charge in [-0.25, -0.2) is 0 Å². The Bertz CT molecular complexity index is 304. The normalized spacial score (nSPS) is 8.05. The van der Waals surface area contributed by atoms with Gasteiger partial charge in [-0.3, -0.25) is 0 Å². The van der Waals surface area contributed by atoms with Crippen LogP contribution in [0.4, 0.5) is 5.69 Å². The molecule has 4 heteroatoms. The van der Waals surface area contributed by atoms with Crippen LogP contribution in [0.5, 0.6) is 0 Å². The van der Waals surface area contributed by atoms with E-state index in [1.807, 2.05) is 18.2 Å². The zero-order valence-corrected chi connectivity index (χ0v) is 14.3. The zero-order chi connectivity index (χ0) is 14.9. The summed E-state index contributed by atoms with van der Waals surface area (Å²) in [6, 6.07) is 8.17. The van der Waals surface area contributed by atoms with E-state index in [-0.39, 0.29) is 34.9 Å². The summed E-state index contributed by atoms with van der Waals surface area (Å²) >= 11 is 0. The van der Waals surface area contributed by atoms with Crippen LogP contribution in [-0.2, 0) is 21.7 Å². The number of nitrogens with one attached hydrogen (secondary N) is 1. The smallest absolute Gasteiger partial charge is 0.0413 e. The Labute approximate surface area is 139 Å². The summed E-state index contributed by atoms with van der Waals surface area (Å²) in [5.41, 5.74) is 2.32. The van der Waals surface area contributed by atoms with Gasteiger partial charge in [0.15, 0.2) is 0 Å². The topological polar surface area (TPSA) is 52.5 Å². The van der Waals surface area contributed by atoms with E-state index in [0.717, 1.165) is 30.6 Å². The van der Waals surface area contributed by atoms with Crippen molar-refractivity contribution in [3.05, 3.63) is 43.3 Å². The fourth-order valence-corrected chi connectivity index (χ4v) is 1.18. The molecule has 0 spiro atoms. The summed E-state index contributed by atoms with van der Waals surface area (Å²) in [6.07, 6.45) is 3.95. The van der Waals surface area contributed by atoms with Gasteiger partial charge in [0.1, 0.15) is 0 Å². The van der Waals surface area contributed by atoms with Crippen molar-refractivity contribution in [2.75, 3.05) is 25.1 Å². The third-order valence-corrected chi connectivity index (χ3v) is 1.92. The number of para-hydroxylation sites is 1. The van der Waals surface area contributed by atoms with Gasteiger partial charge in [-0.05, 0) is 25.5 Å². The van der Waals surface area contributed by atoms with Crippen LogP contribution in [0.15, 0.2) is 30.8 Å². The molecule has 3 N–H and O–H groups in total. The first-order chi connectivity index (χ1) is 9.21. The number of aliphatic hydroxyl groups is 2. The van der Waals surface area contributed by atoms with Crippen LogP contribution in [0.1, 0.15) is 32.3 Å². The van der Waals surface area contributed by atoms with E-state index >= 15 is 0 Å². The maximum Gasteiger partial charge on any atom is 0.0413 e. The van der Waals surface area contributed by atoms with E-state index in [1.54, 1.807) is 13.8 Å². The Balaban J connectivity index is -0.000000356. The second kappa shape index (κ2) is 20.7. The van der Waals surface area contributed by atoms with E-state index in [0.29, 0.717) is 0 Å².